The summed E-state index contributed by atoms with van der Waals surface area (Å²) in [5, 5.41) is 0. The molecule has 1 atom stereocenters. The molecule has 0 saturated heterocycles. The quantitative estimate of drug-likeness (QED) is 0.853. The zero-order valence-corrected chi connectivity index (χ0v) is 13.0. The van der Waals surface area contributed by atoms with Gasteiger partial charge in [-0.2, -0.15) is 0 Å². The molecule has 0 aliphatic carbocycles. The topological polar surface area (TPSA) is 57.6 Å². The van der Waals surface area contributed by atoms with Crippen molar-refractivity contribution in [3.05, 3.63) is 44.7 Å². The van der Waals surface area contributed by atoms with E-state index in [9.17, 15) is 0 Å². The number of furan rings is 1. The van der Waals surface area contributed by atoms with Crippen LogP contribution in [0.25, 0.3) is 0 Å². The monoisotopic (exact) mass is 387 g/mol. The molecule has 0 spiro atoms. The van der Waals surface area contributed by atoms with Crippen LogP contribution in [0.1, 0.15) is 17.2 Å². The number of rotatable bonds is 2. The average Bonchev–Trinajstić information content (AvgIpc) is 2.83. The SMILES string of the molecule is NC(c1cc2c(cc1Br)OCCO2)c1ccoc1Br. The normalized spacial score (nSPS) is 15.3. The first-order chi connectivity index (χ1) is 9.16. The Morgan fingerprint density at radius 2 is 1.74 bits per heavy atom. The minimum atomic E-state index is -0.307. The molecule has 1 aromatic carbocycles. The van der Waals surface area contributed by atoms with E-state index in [1.165, 1.54) is 0 Å². The Labute approximate surface area is 127 Å². The third-order valence-electron chi connectivity index (χ3n) is 2.98. The number of fused-ring (bicyclic) bond motifs is 1. The van der Waals surface area contributed by atoms with Crippen molar-refractivity contribution in [2.75, 3.05) is 13.2 Å². The van der Waals surface area contributed by atoms with Crippen molar-refractivity contribution in [3.8, 4) is 11.5 Å². The highest BCUT2D eigenvalue weighted by Crippen LogP contribution is 2.39. The van der Waals surface area contributed by atoms with Gasteiger partial charge in [0.25, 0.3) is 0 Å². The minimum Gasteiger partial charge on any atom is -0.486 e. The number of halogens is 2. The van der Waals surface area contributed by atoms with Crippen molar-refractivity contribution in [3.63, 3.8) is 0 Å². The maximum atomic E-state index is 6.28. The van der Waals surface area contributed by atoms with E-state index in [-0.39, 0.29) is 6.04 Å². The molecular weight excluding hydrogens is 378 g/mol. The Bertz CT molecular complexity index is 612. The number of hydrogen-bond acceptors (Lipinski definition) is 4. The minimum absolute atomic E-state index is 0.307. The number of ether oxygens (including phenoxy) is 2. The Hall–Kier alpha value is -0.980. The van der Waals surface area contributed by atoms with E-state index in [1.54, 1.807) is 6.26 Å². The van der Waals surface area contributed by atoms with Crippen LogP contribution in [0.5, 0.6) is 11.5 Å². The molecule has 2 N–H and O–H groups in total. The summed E-state index contributed by atoms with van der Waals surface area (Å²) in [6, 6.07) is 5.33. The summed E-state index contributed by atoms with van der Waals surface area (Å²) in [6.07, 6.45) is 1.60. The largest absolute Gasteiger partial charge is 0.486 e. The predicted octanol–water partition coefficient (Wildman–Crippen LogP) is 3.62. The predicted molar refractivity (Wildman–Crippen MR) is 77.6 cm³/mol. The second-order valence-electron chi connectivity index (χ2n) is 4.14. The summed E-state index contributed by atoms with van der Waals surface area (Å²) in [5.74, 6) is 1.46. The van der Waals surface area contributed by atoms with E-state index in [1.807, 2.05) is 18.2 Å². The van der Waals surface area contributed by atoms with E-state index in [2.05, 4.69) is 31.9 Å². The summed E-state index contributed by atoms with van der Waals surface area (Å²) >= 11 is 6.87. The summed E-state index contributed by atoms with van der Waals surface area (Å²) in [7, 11) is 0. The van der Waals surface area contributed by atoms with E-state index in [0.29, 0.717) is 17.9 Å². The molecule has 100 valence electrons. The van der Waals surface area contributed by atoms with E-state index in [0.717, 1.165) is 27.1 Å². The first-order valence-corrected chi connectivity index (χ1v) is 7.33. The average molecular weight is 389 g/mol. The number of benzene rings is 1. The van der Waals surface area contributed by atoms with Gasteiger partial charge in [-0.05, 0) is 39.7 Å². The van der Waals surface area contributed by atoms with Crippen molar-refractivity contribution in [2.45, 2.75) is 6.04 Å². The molecule has 1 unspecified atom stereocenters. The molecule has 0 saturated carbocycles. The molecule has 19 heavy (non-hydrogen) atoms. The van der Waals surface area contributed by atoms with E-state index in [4.69, 9.17) is 19.6 Å². The smallest absolute Gasteiger partial charge is 0.174 e. The van der Waals surface area contributed by atoms with Gasteiger partial charge in [0.05, 0.1) is 12.3 Å². The van der Waals surface area contributed by atoms with Gasteiger partial charge in [-0.15, -0.1) is 0 Å². The molecule has 0 bridgehead atoms. The van der Waals surface area contributed by atoms with Gasteiger partial charge >= 0.3 is 0 Å². The zero-order valence-electron chi connectivity index (χ0n) is 9.86. The second kappa shape index (κ2) is 5.19. The molecule has 1 aromatic heterocycles. The van der Waals surface area contributed by atoms with Crippen LogP contribution in [0.15, 0.2) is 38.0 Å². The standard InChI is InChI=1S/C13H11Br2NO3/c14-9-6-11-10(17-3-4-18-11)5-8(9)12(16)7-1-2-19-13(7)15/h1-2,5-6,12H,3-4,16H2. The molecule has 2 heterocycles. The van der Waals surface area contributed by atoms with Crippen LogP contribution in [0, 0.1) is 0 Å². The van der Waals surface area contributed by atoms with Crippen LogP contribution in [-0.2, 0) is 0 Å². The fourth-order valence-electron chi connectivity index (χ4n) is 2.01. The Morgan fingerprint density at radius 3 is 2.37 bits per heavy atom. The lowest BCUT2D eigenvalue weighted by molar-refractivity contribution is 0.171. The third-order valence-corrected chi connectivity index (χ3v) is 4.31. The molecule has 1 aliphatic heterocycles. The summed E-state index contributed by atoms with van der Waals surface area (Å²) in [5.41, 5.74) is 8.09. The lowest BCUT2D eigenvalue weighted by atomic mass is 10.0. The zero-order chi connectivity index (χ0) is 13.4. The van der Waals surface area contributed by atoms with Crippen LogP contribution in [0.4, 0.5) is 0 Å². The van der Waals surface area contributed by atoms with Crippen molar-refractivity contribution in [1.29, 1.82) is 0 Å². The van der Waals surface area contributed by atoms with Crippen LogP contribution >= 0.6 is 31.9 Å². The maximum absolute atomic E-state index is 6.28. The molecule has 2 aromatic rings. The fraction of sp³-hybridized carbons (Fsp3) is 0.231. The number of nitrogens with two attached hydrogens (primary N) is 1. The molecule has 0 fully saturated rings. The van der Waals surface area contributed by atoms with Crippen LogP contribution in [-0.4, -0.2) is 13.2 Å². The van der Waals surface area contributed by atoms with Gasteiger partial charge < -0.3 is 19.6 Å². The molecule has 3 rings (SSSR count). The highest BCUT2D eigenvalue weighted by atomic mass is 79.9. The van der Waals surface area contributed by atoms with Gasteiger partial charge in [0.15, 0.2) is 16.2 Å². The Balaban J connectivity index is 2.03. The highest BCUT2D eigenvalue weighted by Gasteiger charge is 2.21. The van der Waals surface area contributed by atoms with Crippen LogP contribution in [0.2, 0.25) is 0 Å². The molecule has 1 aliphatic rings. The van der Waals surface area contributed by atoms with Crippen LogP contribution < -0.4 is 15.2 Å². The lowest BCUT2D eigenvalue weighted by Crippen LogP contribution is -2.17. The number of hydrogen-bond donors (Lipinski definition) is 1. The molecular formula is C13H11Br2NO3. The highest BCUT2D eigenvalue weighted by molar-refractivity contribution is 9.10. The van der Waals surface area contributed by atoms with Gasteiger partial charge in [0, 0.05) is 10.0 Å². The summed E-state index contributed by atoms with van der Waals surface area (Å²) < 4.78 is 17.9. The molecule has 0 amide bonds. The van der Waals surface area contributed by atoms with Crippen molar-refractivity contribution < 1.29 is 13.9 Å². The lowest BCUT2D eigenvalue weighted by Gasteiger charge is -2.21. The van der Waals surface area contributed by atoms with Crippen molar-refractivity contribution in [2.24, 2.45) is 5.73 Å². The maximum Gasteiger partial charge on any atom is 0.174 e. The third kappa shape index (κ3) is 2.40. The first kappa shape index (κ1) is 13.0. The fourth-order valence-corrected chi connectivity index (χ4v) is 3.07. The van der Waals surface area contributed by atoms with Crippen LogP contribution in [0.3, 0.4) is 0 Å². The van der Waals surface area contributed by atoms with Gasteiger partial charge in [-0.3, -0.25) is 0 Å². The Morgan fingerprint density at radius 1 is 1.05 bits per heavy atom. The summed E-state index contributed by atoms with van der Waals surface area (Å²) in [6.45, 7) is 1.12. The van der Waals surface area contributed by atoms with Gasteiger partial charge in [-0.1, -0.05) is 15.9 Å². The van der Waals surface area contributed by atoms with Gasteiger partial charge in [-0.25, -0.2) is 0 Å². The van der Waals surface area contributed by atoms with E-state index < -0.39 is 0 Å². The Kier molecular flexibility index (Phi) is 3.56. The van der Waals surface area contributed by atoms with E-state index >= 15 is 0 Å². The first-order valence-electron chi connectivity index (χ1n) is 5.74. The molecule has 0 radical (unpaired) electrons. The van der Waals surface area contributed by atoms with Gasteiger partial charge in [0.2, 0.25) is 0 Å². The molecule has 6 heteroatoms. The van der Waals surface area contributed by atoms with Crippen molar-refractivity contribution >= 4 is 31.9 Å². The second-order valence-corrected chi connectivity index (χ2v) is 5.72. The molecule has 4 nitrogen and oxygen atoms in total. The summed E-state index contributed by atoms with van der Waals surface area (Å²) in [4.78, 5) is 0. The van der Waals surface area contributed by atoms with Crippen molar-refractivity contribution in [1.82, 2.24) is 0 Å². The van der Waals surface area contributed by atoms with Gasteiger partial charge in [0.1, 0.15) is 13.2 Å².